The van der Waals surface area contributed by atoms with Crippen LogP contribution in [0.3, 0.4) is 0 Å². The molecule has 116 valence electrons. The van der Waals surface area contributed by atoms with Crippen molar-refractivity contribution in [1.82, 2.24) is 30.2 Å². The van der Waals surface area contributed by atoms with Crippen LogP contribution >= 0.6 is 0 Å². The van der Waals surface area contributed by atoms with E-state index in [-0.39, 0.29) is 18.1 Å². The molecule has 0 saturated carbocycles. The smallest absolute Gasteiger partial charge is 0.274 e. The summed E-state index contributed by atoms with van der Waals surface area (Å²) in [5, 5.41) is 2.70. The number of oxazole rings is 1. The largest absolute Gasteiger partial charge is 0.443 e. The summed E-state index contributed by atoms with van der Waals surface area (Å²) in [5.41, 5.74) is 7.55. The Morgan fingerprint density at radius 2 is 2.09 bits per heavy atom. The minimum absolute atomic E-state index is 0.00520. The number of hydrogen-bond acceptors (Lipinski definition) is 8. The zero-order chi connectivity index (χ0) is 16.2. The van der Waals surface area contributed by atoms with Crippen LogP contribution in [0.15, 0.2) is 35.6 Å². The molecular weight excluding hydrogens is 298 g/mol. The Morgan fingerprint density at radius 3 is 2.78 bits per heavy atom. The summed E-state index contributed by atoms with van der Waals surface area (Å²) in [7, 11) is 0. The fourth-order valence-electron chi connectivity index (χ4n) is 1.93. The average Bonchev–Trinajstić information content (AvgIpc) is 3.09. The molecule has 3 N–H and O–H groups in total. The summed E-state index contributed by atoms with van der Waals surface area (Å²) in [5.74, 6) is -0.124. The fourth-order valence-corrected chi connectivity index (χ4v) is 1.93. The number of anilines is 1. The molecule has 3 heterocycles. The highest BCUT2D eigenvalue weighted by Crippen LogP contribution is 2.20. The van der Waals surface area contributed by atoms with Gasteiger partial charge in [-0.2, -0.15) is 0 Å². The van der Waals surface area contributed by atoms with Gasteiger partial charge in [-0.1, -0.05) is 0 Å². The number of aromatic nitrogens is 5. The number of nitrogens with one attached hydrogen (secondary N) is 1. The minimum Gasteiger partial charge on any atom is -0.443 e. The van der Waals surface area contributed by atoms with Crippen LogP contribution in [-0.2, 0) is 6.54 Å². The molecule has 23 heavy (non-hydrogen) atoms. The minimum atomic E-state index is -0.430. The fraction of sp³-hybridized carbons (Fsp3) is 0.143. The second-order valence-corrected chi connectivity index (χ2v) is 4.66. The van der Waals surface area contributed by atoms with Gasteiger partial charge in [-0.25, -0.2) is 24.9 Å². The lowest BCUT2D eigenvalue weighted by Gasteiger charge is -2.08. The molecule has 0 radical (unpaired) electrons. The number of nitrogens with zero attached hydrogens (tertiary/aromatic N) is 5. The Hall–Kier alpha value is -3.36. The van der Waals surface area contributed by atoms with Crippen LogP contribution in [0.5, 0.6) is 0 Å². The molecule has 3 rings (SSSR count). The number of carbonyl (C=O) groups is 1. The van der Waals surface area contributed by atoms with Gasteiger partial charge in [0.05, 0.1) is 11.9 Å². The molecule has 0 unspecified atom stereocenters. The third-order valence-corrected chi connectivity index (χ3v) is 3.01. The van der Waals surface area contributed by atoms with Gasteiger partial charge in [0.15, 0.2) is 11.5 Å². The molecular formula is C14H13N7O2. The third kappa shape index (κ3) is 3.12. The zero-order valence-electron chi connectivity index (χ0n) is 12.2. The number of carbonyl (C=O) groups excluding carboxylic acids is 1. The van der Waals surface area contributed by atoms with Gasteiger partial charge in [-0.05, 0) is 6.92 Å². The SMILES string of the molecule is Cc1nc(C(=O)NCc2cncnc2)c(N)nc1-c1ncco1. The number of nitrogen functional groups attached to an aromatic ring is 1. The first kappa shape index (κ1) is 14.6. The molecule has 0 aliphatic carbocycles. The van der Waals surface area contributed by atoms with Crippen LogP contribution in [-0.4, -0.2) is 30.8 Å². The van der Waals surface area contributed by atoms with Crippen LogP contribution in [0.25, 0.3) is 11.6 Å². The molecule has 0 spiro atoms. The quantitative estimate of drug-likeness (QED) is 0.721. The van der Waals surface area contributed by atoms with Gasteiger partial charge in [-0.15, -0.1) is 0 Å². The maximum Gasteiger partial charge on any atom is 0.274 e. The number of aryl methyl sites for hydroxylation is 1. The predicted octanol–water partition coefficient (Wildman–Crippen LogP) is 0.742. The van der Waals surface area contributed by atoms with Gasteiger partial charge in [0, 0.05) is 24.5 Å². The summed E-state index contributed by atoms with van der Waals surface area (Å²) >= 11 is 0. The first-order valence-electron chi connectivity index (χ1n) is 6.71. The molecule has 0 aromatic carbocycles. The Morgan fingerprint density at radius 1 is 1.30 bits per heavy atom. The molecule has 0 fully saturated rings. The number of nitrogens with two attached hydrogens (primary N) is 1. The first-order valence-corrected chi connectivity index (χ1v) is 6.71. The summed E-state index contributed by atoms with van der Waals surface area (Å²) in [6, 6.07) is 0. The molecule has 9 nitrogen and oxygen atoms in total. The van der Waals surface area contributed by atoms with E-state index >= 15 is 0 Å². The molecule has 0 bridgehead atoms. The number of hydrogen-bond donors (Lipinski definition) is 2. The van der Waals surface area contributed by atoms with E-state index in [9.17, 15) is 4.79 Å². The highest BCUT2D eigenvalue weighted by molar-refractivity contribution is 5.96. The molecule has 9 heteroatoms. The summed E-state index contributed by atoms with van der Waals surface area (Å²) in [6.07, 6.45) is 7.56. The highest BCUT2D eigenvalue weighted by Gasteiger charge is 2.18. The monoisotopic (exact) mass is 311 g/mol. The maximum atomic E-state index is 12.2. The van der Waals surface area contributed by atoms with Crippen molar-refractivity contribution in [2.75, 3.05) is 5.73 Å². The zero-order valence-corrected chi connectivity index (χ0v) is 12.2. The van der Waals surface area contributed by atoms with Crippen LogP contribution in [0.4, 0.5) is 5.82 Å². The second-order valence-electron chi connectivity index (χ2n) is 4.66. The molecule has 3 aromatic rings. The Balaban J connectivity index is 1.80. The van der Waals surface area contributed by atoms with Gasteiger partial charge in [0.1, 0.15) is 18.3 Å². The molecule has 0 aliphatic heterocycles. The van der Waals surface area contributed by atoms with E-state index in [2.05, 4.69) is 30.2 Å². The van der Waals surface area contributed by atoms with E-state index < -0.39 is 5.91 Å². The Labute approximate surface area is 131 Å². The van der Waals surface area contributed by atoms with E-state index in [1.54, 1.807) is 19.3 Å². The van der Waals surface area contributed by atoms with Crippen molar-refractivity contribution in [3.05, 3.63) is 48.1 Å². The second kappa shape index (κ2) is 6.18. The summed E-state index contributed by atoms with van der Waals surface area (Å²) < 4.78 is 5.18. The number of amides is 1. The van der Waals surface area contributed by atoms with E-state index in [0.717, 1.165) is 5.56 Å². The van der Waals surface area contributed by atoms with Gasteiger partial charge < -0.3 is 15.5 Å². The van der Waals surface area contributed by atoms with Crippen molar-refractivity contribution < 1.29 is 9.21 Å². The van der Waals surface area contributed by atoms with E-state index in [1.165, 1.54) is 18.8 Å². The predicted molar refractivity (Wildman–Crippen MR) is 79.9 cm³/mol. The topological polar surface area (TPSA) is 133 Å². The summed E-state index contributed by atoms with van der Waals surface area (Å²) in [6.45, 7) is 1.97. The van der Waals surface area contributed by atoms with Crippen molar-refractivity contribution in [3.8, 4) is 11.6 Å². The maximum absolute atomic E-state index is 12.2. The van der Waals surface area contributed by atoms with Gasteiger partial charge >= 0.3 is 0 Å². The van der Waals surface area contributed by atoms with Crippen LogP contribution in [0.2, 0.25) is 0 Å². The van der Waals surface area contributed by atoms with Crippen molar-refractivity contribution in [2.45, 2.75) is 13.5 Å². The molecule has 0 atom stereocenters. The van der Waals surface area contributed by atoms with Crippen LogP contribution in [0, 0.1) is 6.92 Å². The molecule has 3 aromatic heterocycles. The Kier molecular flexibility index (Phi) is 3.91. The molecule has 0 saturated heterocycles. The standard InChI is InChI=1S/C14H13N7O2/c1-8-10(14-18-2-3-23-14)21-12(15)11(20-8)13(22)19-6-9-4-16-7-17-5-9/h2-5,7H,6H2,1H3,(H2,15,21)(H,19,22). The highest BCUT2D eigenvalue weighted by atomic mass is 16.3. The first-order chi connectivity index (χ1) is 11.1. The van der Waals surface area contributed by atoms with E-state index in [1.807, 2.05) is 0 Å². The van der Waals surface area contributed by atoms with Crippen molar-refractivity contribution in [2.24, 2.45) is 0 Å². The van der Waals surface area contributed by atoms with Gasteiger partial charge in [-0.3, -0.25) is 4.79 Å². The lowest BCUT2D eigenvalue weighted by Crippen LogP contribution is -2.26. The van der Waals surface area contributed by atoms with E-state index in [4.69, 9.17) is 10.2 Å². The third-order valence-electron chi connectivity index (χ3n) is 3.01. The van der Waals surface area contributed by atoms with Crippen LogP contribution in [0.1, 0.15) is 21.7 Å². The van der Waals surface area contributed by atoms with E-state index in [0.29, 0.717) is 17.3 Å². The lowest BCUT2D eigenvalue weighted by atomic mass is 10.2. The normalized spacial score (nSPS) is 10.5. The van der Waals surface area contributed by atoms with Crippen LogP contribution < -0.4 is 11.1 Å². The Bertz CT molecular complexity index is 819. The number of rotatable bonds is 4. The molecule has 1 amide bonds. The van der Waals surface area contributed by atoms with Gasteiger partial charge in [0.25, 0.3) is 5.91 Å². The lowest BCUT2D eigenvalue weighted by molar-refractivity contribution is 0.0946. The van der Waals surface area contributed by atoms with Crippen molar-refractivity contribution >= 4 is 11.7 Å². The average molecular weight is 311 g/mol. The van der Waals surface area contributed by atoms with Crippen molar-refractivity contribution in [3.63, 3.8) is 0 Å². The van der Waals surface area contributed by atoms with Crippen molar-refractivity contribution in [1.29, 1.82) is 0 Å². The van der Waals surface area contributed by atoms with Gasteiger partial charge in [0.2, 0.25) is 5.89 Å². The molecule has 0 aliphatic rings. The summed E-state index contributed by atoms with van der Waals surface area (Å²) in [4.78, 5) is 32.3.